The Bertz CT molecular complexity index is 2530. The van der Waals surface area contributed by atoms with Gasteiger partial charge in [-0.1, -0.05) is 30.3 Å². The number of carboxylic acids is 1. The van der Waals surface area contributed by atoms with E-state index in [1.54, 1.807) is 38.0 Å². The van der Waals surface area contributed by atoms with E-state index < -0.39 is 70.6 Å². The second kappa shape index (κ2) is 21.9. The van der Waals surface area contributed by atoms with Gasteiger partial charge < -0.3 is 30.7 Å². The van der Waals surface area contributed by atoms with E-state index in [1.165, 1.54) is 48.5 Å². The zero-order chi connectivity index (χ0) is 52.1. The zero-order valence-corrected chi connectivity index (χ0v) is 39.9. The van der Waals surface area contributed by atoms with Crippen molar-refractivity contribution in [2.24, 2.45) is 17.8 Å². The first kappa shape index (κ1) is 54.0. The van der Waals surface area contributed by atoms with Crippen LogP contribution in [0.15, 0.2) is 66.7 Å². The third-order valence-corrected chi connectivity index (χ3v) is 13.0. The van der Waals surface area contributed by atoms with Crippen molar-refractivity contribution in [3.8, 4) is 22.5 Å². The Balaban J connectivity index is 1.17. The average Bonchev–Trinajstić information content (AvgIpc) is 3.82. The predicted octanol–water partition coefficient (Wildman–Crippen LogP) is 9.66. The number of Topliss-reactive ketones (excluding diaryl/α,β-unsaturated/α-hetero) is 1. The van der Waals surface area contributed by atoms with Crippen molar-refractivity contribution in [3.05, 3.63) is 89.2 Å². The van der Waals surface area contributed by atoms with Gasteiger partial charge in [0.25, 0.3) is 5.91 Å². The highest BCUT2D eigenvalue weighted by Crippen LogP contribution is 2.42. The standard InChI is InChI=1S/C50H58F7N7O7/c1-47(2,3)71-46(70)58-27-29-8-12-31(13-9-29)40(65)26-34(43(67)60-35-17-14-32(15-18-35)41-61-44(63-62-41)48(51,52)49(53,54)45(68)69)24-28-6-10-30(11-7-28)38-23-16-33(25-39(38)50(55,56)57)42(66)59-36-19-21-37(22-20-36)64(4)5/h6-7,10-11,14-18,23,25,29,31,34,36-37H,8-9,12-13,19-22,24,26-27H2,1-5H3,(H,58,70)(H,59,66)(H,60,67)(H,68,69)(H,61,62,63). The summed E-state index contributed by atoms with van der Waals surface area (Å²) in [5, 5.41) is 22.2. The molecule has 2 fully saturated rings. The molecular weight excluding hydrogens is 944 g/mol. The molecule has 21 heteroatoms. The number of amides is 3. The highest BCUT2D eigenvalue weighted by Gasteiger charge is 2.65. The molecule has 2 aliphatic carbocycles. The van der Waals surface area contributed by atoms with Gasteiger partial charge in [0, 0.05) is 53.7 Å². The fraction of sp³-hybridized carbons (Fsp3) is 0.500. The van der Waals surface area contributed by atoms with Gasteiger partial charge in [0.2, 0.25) is 11.7 Å². The number of alkyl carbamates (subject to hydrolysis) is 1. The summed E-state index contributed by atoms with van der Waals surface area (Å²) < 4.78 is 105. The zero-order valence-electron chi connectivity index (χ0n) is 39.9. The minimum atomic E-state index is -5.49. The van der Waals surface area contributed by atoms with Crippen LogP contribution in [0, 0.1) is 17.8 Å². The summed E-state index contributed by atoms with van der Waals surface area (Å²) in [4.78, 5) is 69.6. The Labute approximate surface area is 405 Å². The van der Waals surface area contributed by atoms with Crippen LogP contribution in [-0.4, -0.2) is 99.1 Å². The van der Waals surface area contributed by atoms with E-state index in [0.717, 1.165) is 18.9 Å². The number of nitrogens with zero attached hydrogens (tertiary/aromatic N) is 3. The summed E-state index contributed by atoms with van der Waals surface area (Å²) in [7, 11) is 3.97. The lowest BCUT2D eigenvalue weighted by Crippen LogP contribution is -2.45. The molecule has 384 valence electrons. The van der Waals surface area contributed by atoms with Gasteiger partial charge >= 0.3 is 30.1 Å². The van der Waals surface area contributed by atoms with E-state index in [4.69, 9.17) is 9.84 Å². The number of carbonyl (C=O) groups excluding carboxylic acids is 4. The number of alkyl halides is 7. The van der Waals surface area contributed by atoms with Crippen LogP contribution in [0.2, 0.25) is 0 Å². The van der Waals surface area contributed by atoms with E-state index in [0.29, 0.717) is 56.7 Å². The molecule has 5 N–H and O–H groups in total. The largest absolute Gasteiger partial charge is 0.477 e. The van der Waals surface area contributed by atoms with Crippen LogP contribution < -0.4 is 16.0 Å². The molecule has 71 heavy (non-hydrogen) atoms. The monoisotopic (exact) mass is 1000 g/mol. The van der Waals surface area contributed by atoms with Crippen molar-refractivity contribution < 1.29 is 64.5 Å². The molecule has 4 aromatic rings. The summed E-state index contributed by atoms with van der Waals surface area (Å²) in [6.45, 7) is 5.62. The van der Waals surface area contributed by atoms with E-state index in [1.807, 2.05) is 14.1 Å². The molecule has 1 unspecified atom stereocenters. The number of rotatable bonds is 17. The fourth-order valence-corrected chi connectivity index (χ4v) is 8.94. The number of aliphatic carboxylic acids is 1. The Kier molecular flexibility index (Phi) is 16.7. The van der Waals surface area contributed by atoms with E-state index in [9.17, 15) is 54.7 Å². The first-order valence-electron chi connectivity index (χ1n) is 23.3. The predicted molar refractivity (Wildman–Crippen MR) is 248 cm³/mol. The van der Waals surface area contributed by atoms with Crippen LogP contribution in [0.1, 0.15) is 106 Å². The second-order valence-electron chi connectivity index (χ2n) is 19.6. The van der Waals surface area contributed by atoms with Gasteiger partial charge in [0.05, 0.1) is 5.56 Å². The van der Waals surface area contributed by atoms with Crippen LogP contribution in [0.4, 0.5) is 41.2 Å². The SMILES string of the molecule is CN(C)C1CCC(NC(=O)c2ccc(-c3ccc(CC(CC(=O)C4CCC(CNC(=O)OC(C)(C)C)CC4)C(=O)Nc4ccc(-c5n[nH]c(C(F)(F)C(F)(F)C(=O)O)n5)cc4)cc3)c(C(F)(F)F)c2)CC1. The molecule has 1 aromatic heterocycles. The maximum Gasteiger partial charge on any atom is 0.417 e. The number of aromatic amines is 1. The minimum Gasteiger partial charge on any atom is -0.477 e. The third kappa shape index (κ3) is 13.7. The molecule has 0 aliphatic heterocycles. The highest BCUT2D eigenvalue weighted by molar-refractivity contribution is 5.97. The molecule has 2 aliphatic rings. The molecule has 3 aromatic carbocycles. The Hall–Kier alpha value is -6.38. The minimum absolute atomic E-state index is 0.0120. The number of ether oxygens (including phenoxy) is 1. The van der Waals surface area contributed by atoms with Crippen molar-refractivity contribution in [3.63, 3.8) is 0 Å². The first-order valence-corrected chi connectivity index (χ1v) is 23.3. The van der Waals surface area contributed by atoms with Crippen LogP contribution in [0.5, 0.6) is 0 Å². The van der Waals surface area contributed by atoms with Gasteiger partial charge in [-0.3, -0.25) is 19.5 Å². The summed E-state index contributed by atoms with van der Waals surface area (Å²) >= 11 is 0. The molecule has 1 heterocycles. The summed E-state index contributed by atoms with van der Waals surface area (Å²) in [5.74, 6) is -18.6. The lowest BCUT2D eigenvalue weighted by molar-refractivity contribution is -0.231. The number of H-pyrrole nitrogens is 1. The van der Waals surface area contributed by atoms with Gasteiger partial charge in [-0.2, -0.15) is 35.8 Å². The van der Waals surface area contributed by atoms with Crippen molar-refractivity contribution in [1.82, 2.24) is 30.7 Å². The molecule has 2 saturated carbocycles. The Morgan fingerprint density at radius 2 is 1.44 bits per heavy atom. The number of nitrogens with one attached hydrogen (secondary N) is 4. The molecule has 0 radical (unpaired) electrons. The molecule has 0 bridgehead atoms. The molecular formula is C50H58F7N7O7. The number of hydrogen-bond acceptors (Lipinski definition) is 9. The molecule has 14 nitrogen and oxygen atoms in total. The number of ketones is 1. The van der Waals surface area contributed by atoms with Crippen LogP contribution in [0.3, 0.4) is 0 Å². The fourth-order valence-electron chi connectivity index (χ4n) is 8.94. The van der Waals surface area contributed by atoms with Crippen LogP contribution in [-0.2, 0) is 37.6 Å². The summed E-state index contributed by atoms with van der Waals surface area (Å²) in [6.07, 6.45) is -0.169. The third-order valence-electron chi connectivity index (χ3n) is 13.0. The van der Waals surface area contributed by atoms with Crippen molar-refractivity contribution >= 4 is 35.3 Å². The lowest BCUT2D eigenvalue weighted by atomic mass is 9.77. The van der Waals surface area contributed by atoms with Crippen LogP contribution >= 0.6 is 0 Å². The normalized spacial score (nSPS) is 19.4. The average molecular weight is 1000 g/mol. The van der Waals surface area contributed by atoms with Crippen molar-refractivity contribution in [2.75, 3.05) is 26.0 Å². The van der Waals surface area contributed by atoms with Crippen molar-refractivity contribution in [2.45, 2.75) is 121 Å². The number of aromatic nitrogens is 3. The molecule has 6 rings (SSSR count). The number of carbonyl (C=O) groups is 5. The Morgan fingerprint density at radius 3 is 2.01 bits per heavy atom. The topological polar surface area (TPSA) is 196 Å². The smallest absolute Gasteiger partial charge is 0.417 e. The van der Waals surface area contributed by atoms with Crippen molar-refractivity contribution in [1.29, 1.82) is 0 Å². The van der Waals surface area contributed by atoms with E-state index in [2.05, 4.69) is 30.9 Å². The summed E-state index contributed by atoms with van der Waals surface area (Å²) in [5.41, 5.74) is -1.02. The van der Waals surface area contributed by atoms with Gasteiger partial charge in [0.15, 0.2) is 5.82 Å². The molecule has 3 amide bonds. The second-order valence-corrected chi connectivity index (χ2v) is 19.6. The summed E-state index contributed by atoms with van der Waals surface area (Å²) in [6, 6.07) is 15.0. The maximum atomic E-state index is 14.6. The number of anilines is 1. The first-order chi connectivity index (χ1) is 33.2. The van der Waals surface area contributed by atoms with Gasteiger partial charge in [-0.15, -0.1) is 0 Å². The molecule has 1 atom stereocenters. The van der Waals surface area contributed by atoms with E-state index >= 15 is 0 Å². The Morgan fingerprint density at radius 1 is 0.817 bits per heavy atom. The van der Waals surface area contributed by atoms with E-state index in [-0.39, 0.29) is 64.4 Å². The lowest BCUT2D eigenvalue weighted by Gasteiger charge is -2.33. The van der Waals surface area contributed by atoms with Gasteiger partial charge in [-0.25, -0.2) is 14.6 Å². The van der Waals surface area contributed by atoms with Crippen LogP contribution in [0.25, 0.3) is 22.5 Å². The number of carboxylic acid groups (broad SMARTS) is 1. The maximum absolute atomic E-state index is 14.6. The van der Waals surface area contributed by atoms with Gasteiger partial charge in [-0.05, 0) is 152 Å². The number of hydrogen-bond donors (Lipinski definition) is 5. The molecule has 0 spiro atoms. The van der Waals surface area contributed by atoms with Gasteiger partial charge in [0.1, 0.15) is 11.4 Å². The highest BCUT2D eigenvalue weighted by atomic mass is 19.4. The number of benzene rings is 3. The quantitative estimate of drug-likeness (QED) is 0.0636. The molecule has 0 saturated heterocycles. The number of halogens is 7.